The molecule has 0 amide bonds. The summed E-state index contributed by atoms with van der Waals surface area (Å²) in [6.07, 6.45) is 0. The van der Waals surface area contributed by atoms with Gasteiger partial charge in [0.2, 0.25) is 0 Å². The number of rotatable bonds is 0. The fourth-order valence-electron chi connectivity index (χ4n) is 0. The normalized spacial score (nSPS) is 0. The van der Waals surface area contributed by atoms with Crippen LogP contribution in [0, 0.1) is 0 Å². The minimum atomic E-state index is 0. The van der Waals surface area contributed by atoms with Crippen molar-refractivity contribution in [3.8, 4) is 0 Å². The monoisotopic (exact) mass is 578 g/mol. The van der Waals surface area contributed by atoms with E-state index in [2.05, 4.69) is 0 Å². The fraction of sp³-hybridized carbons (Fsp3) is 0. The van der Waals surface area contributed by atoms with Crippen LogP contribution in [0.1, 0.15) is 0 Å². The van der Waals surface area contributed by atoms with Crippen molar-refractivity contribution >= 4 is 27.3 Å². The maximum Gasteiger partial charge on any atom is 0 e. The summed E-state index contributed by atoms with van der Waals surface area (Å²) in [4.78, 5) is 0. The Balaban J connectivity index is 0. The Bertz CT molecular complexity index is 8.00. The molecule has 0 spiro atoms. The van der Waals surface area contributed by atoms with E-state index in [-0.39, 0.29) is 91.5 Å². The van der Waals surface area contributed by atoms with E-state index in [9.17, 15) is 0 Å². The number of hydrogen-bond donors (Lipinski definition) is 0. The molecule has 0 aromatic rings. The minimum Gasteiger partial charge on any atom is 0 e. The summed E-state index contributed by atoms with van der Waals surface area (Å²) in [5, 5.41) is 0. The van der Waals surface area contributed by atoms with E-state index in [1.807, 2.05) is 0 Å². The summed E-state index contributed by atoms with van der Waals surface area (Å²) >= 11 is 0. The van der Waals surface area contributed by atoms with Crippen molar-refractivity contribution in [3.63, 3.8) is 0 Å². The molecule has 0 heterocycles. The van der Waals surface area contributed by atoms with Crippen molar-refractivity contribution in [2.75, 3.05) is 0 Å². The van der Waals surface area contributed by atoms with E-state index in [1.165, 1.54) is 0 Å². The molecule has 0 N–H and O–H groups in total. The summed E-state index contributed by atoms with van der Waals surface area (Å²) < 4.78 is 0. The molecule has 0 aliphatic heterocycles. The average Bonchev–Trinajstić information content (AvgIpc) is 0. The average molecular weight is 579 g/mol. The van der Waals surface area contributed by atoms with Gasteiger partial charge in [0.15, 0.2) is 0 Å². The van der Waals surface area contributed by atoms with Gasteiger partial charge in [-0.05, 0) is 0 Å². The largest absolute Gasteiger partial charge is 0 e. The quantitative estimate of drug-likeness (QED) is 0.326. The molecule has 4 heavy (non-hydrogen) atoms. The molecular weight excluding hydrogens is 577 g/mol. The predicted molar refractivity (Wildman–Crippen MR) is 8.54 cm³/mol. The van der Waals surface area contributed by atoms with Gasteiger partial charge in [0.25, 0.3) is 0 Å². The van der Waals surface area contributed by atoms with E-state index < -0.39 is 0 Å². The Labute approximate surface area is 89.8 Å². The van der Waals surface area contributed by atoms with E-state index in [0.29, 0.717) is 0 Å². The van der Waals surface area contributed by atoms with Gasteiger partial charge in [-0.25, -0.2) is 0 Å². The molecule has 0 aliphatic rings. The second-order valence-corrected chi connectivity index (χ2v) is 0. The van der Waals surface area contributed by atoms with Gasteiger partial charge in [0.05, 0.1) is 0 Å². The van der Waals surface area contributed by atoms with E-state index in [4.69, 9.17) is 0 Å². The van der Waals surface area contributed by atoms with Gasteiger partial charge in [-0.2, -0.15) is 0 Å². The molecular formula is H2AgAuPbZn. The molecule has 0 aromatic heterocycles. The molecule has 4 radical (unpaired) electrons. The van der Waals surface area contributed by atoms with Gasteiger partial charge in [-0.3, -0.25) is 0 Å². The first kappa shape index (κ1) is 27.9. The van der Waals surface area contributed by atoms with Crippen molar-refractivity contribution in [1.82, 2.24) is 0 Å². The van der Waals surface area contributed by atoms with Crippen molar-refractivity contribution in [1.29, 1.82) is 0 Å². The molecule has 0 aliphatic carbocycles. The topological polar surface area (TPSA) is 0 Å². The summed E-state index contributed by atoms with van der Waals surface area (Å²) in [5.74, 6) is 0. The van der Waals surface area contributed by atoms with Crippen LogP contribution in [0.4, 0.5) is 0 Å². The molecule has 4 heteroatoms. The van der Waals surface area contributed by atoms with Gasteiger partial charge in [0.1, 0.15) is 0 Å². The van der Waals surface area contributed by atoms with E-state index in [1.54, 1.807) is 0 Å². The second kappa shape index (κ2) is 16.6. The molecule has 0 aromatic carbocycles. The van der Waals surface area contributed by atoms with Crippen LogP contribution in [0.5, 0.6) is 0 Å². The van der Waals surface area contributed by atoms with Crippen LogP contribution < -0.4 is 0 Å². The Morgan fingerprint density at radius 1 is 1.00 bits per heavy atom. The standard InChI is InChI=1S/Ag.Au.Pb.Zn.2H. The fourth-order valence-corrected chi connectivity index (χ4v) is 0. The molecule has 0 unspecified atom stereocenters. The first-order valence-electron chi connectivity index (χ1n) is 0. The first-order chi connectivity index (χ1) is 0. The van der Waals surface area contributed by atoms with Gasteiger partial charge in [-0.1, -0.05) is 0 Å². The first-order valence-corrected chi connectivity index (χ1v) is 0. The third-order valence-electron chi connectivity index (χ3n) is 0. The molecule has 30 valence electrons. The Morgan fingerprint density at radius 2 is 1.00 bits per heavy atom. The number of hydrogen-bond acceptors (Lipinski definition) is 0. The van der Waals surface area contributed by atoms with E-state index >= 15 is 0 Å². The molecule has 0 saturated carbocycles. The van der Waals surface area contributed by atoms with Crippen molar-refractivity contribution < 1.29 is 64.2 Å². The Morgan fingerprint density at radius 3 is 1.00 bits per heavy atom. The second-order valence-electron chi connectivity index (χ2n) is 0. The van der Waals surface area contributed by atoms with Crippen molar-refractivity contribution in [2.24, 2.45) is 0 Å². The zero-order valence-corrected chi connectivity index (χ0v) is 14.1. The molecule has 0 rings (SSSR count). The zero-order chi connectivity index (χ0) is 0. The molecule has 0 bridgehead atoms. The smallest absolute Gasteiger partial charge is 0 e. The third kappa shape index (κ3) is 8.90. The van der Waals surface area contributed by atoms with Gasteiger partial charge in [0, 0.05) is 64.2 Å². The predicted octanol–water partition coefficient (Wildman–Crippen LogP) is -0.924. The van der Waals surface area contributed by atoms with Gasteiger partial charge in [-0.15, -0.1) is 0 Å². The van der Waals surface area contributed by atoms with E-state index in [0.717, 1.165) is 0 Å². The molecule has 0 fully saturated rings. The van der Waals surface area contributed by atoms with Crippen LogP contribution in [0.25, 0.3) is 0 Å². The van der Waals surface area contributed by atoms with Crippen LogP contribution >= 0.6 is 0 Å². The third-order valence-corrected chi connectivity index (χ3v) is 0. The van der Waals surface area contributed by atoms with Crippen molar-refractivity contribution in [2.45, 2.75) is 0 Å². The maximum absolute atomic E-state index is 0. The van der Waals surface area contributed by atoms with Crippen LogP contribution in [0.3, 0.4) is 0 Å². The SMILES string of the molecule is [Ag].[Au].[PbH2].[Zn]. The van der Waals surface area contributed by atoms with Gasteiger partial charge >= 0.3 is 27.3 Å². The van der Waals surface area contributed by atoms with Crippen molar-refractivity contribution in [3.05, 3.63) is 0 Å². The van der Waals surface area contributed by atoms with Crippen LogP contribution in [-0.2, 0) is 64.2 Å². The Hall–Kier alpha value is 3.03. The zero-order valence-electron chi connectivity index (χ0n) is 2.02. The summed E-state index contributed by atoms with van der Waals surface area (Å²) in [5.41, 5.74) is 0. The Kier molecular flexibility index (Phi) is 116. The van der Waals surface area contributed by atoms with Gasteiger partial charge < -0.3 is 0 Å². The maximum atomic E-state index is 0. The summed E-state index contributed by atoms with van der Waals surface area (Å²) in [6.45, 7) is 0. The van der Waals surface area contributed by atoms with Crippen LogP contribution in [0.2, 0.25) is 0 Å². The van der Waals surface area contributed by atoms with Crippen LogP contribution in [-0.4, -0.2) is 27.3 Å². The molecule has 0 atom stereocenters. The summed E-state index contributed by atoms with van der Waals surface area (Å²) in [6, 6.07) is 0. The molecule has 0 nitrogen and oxygen atoms in total. The summed E-state index contributed by atoms with van der Waals surface area (Å²) in [7, 11) is 0. The van der Waals surface area contributed by atoms with Crippen LogP contribution in [0.15, 0.2) is 0 Å². The molecule has 0 saturated heterocycles. The minimum absolute atomic E-state index is 0.